The van der Waals surface area contributed by atoms with E-state index in [4.69, 9.17) is 11.6 Å². The number of unbranched alkanes of at least 4 members (excludes halogenated alkanes) is 8. The van der Waals surface area contributed by atoms with Gasteiger partial charge in [0.1, 0.15) is 12.6 Å². The van der Waals surface area contributed by atoms with E-state index in [9.17, 15) is 5.11 Å². The molecule has 0 bridgehead atoms. The van der Waals surface area contributed by atoms with Gasteiger partial charge in [-0.2, -0.15) is 0 Å². The first-order chi connectivity index (χ1) is 10.1. The number of likely N-dealkylation sites (N-methyl/N-ethyl adjacent to an activating group) is 1. The molecule has 0 fully saturated rings. The zero-order chi connectivity index (χ0) is 16.0. The second-order valence-electron chi connectivity index (χ2n) is 6.52. The maximum absolute atomic E-state index is 9.85. The Balaban J connectivity index is 3.74. The molecule has 0 rings (SSSR count). The highest BCUT2D eigenvalue weighted by molar-refractivity contribution is 6.18. The van der Waals surface area contributed by atoms with Crippen molar-refractivity contribution in [1.82, 2.24) is 0 Å². The first-order valence-electron chi connectivity index (χ1n) is 9.23. The smallest absolute Gasteiger partial charge is 0.116 e. The van der Waals surface area contributed by atoms with Crippen molar-refractivity contribution in [2.45, 2.75) is 84.7 Å². The number of quaternary nitrogens is 1. The molecule has 0 radical (unpaired) electrons. The van der Waals surface area contributed by atoms with Gasteiger partial charge >= 0.3 is 0 Å². The fourth-order valence-corrected chi connectivity index (χ4v) is 3.24. The molecule has 0 aliphatic carbocycles. The normalized spacial score (nSPS) is 13.6. The van der Waals surface area contributed by atoms with Crippen molar-refractivity contribution in [3.8, 4) is 0 Å². The van der Waals surface area contributed by atoms with Crippen molar-refractivity contribution in [3.05, 3.63) is 0 Å². The molecule has 0 saturated heterocycles. The van der Waals surface area contributed by atoms with Crippen molar-refractivity contribution < 1.29 is 9.59 Å². The second-order valence-corrected chi connectivity index (χ2v) is 6.83. The molecule has 21 heavy (non-hydrogen) atoms. The fraction of sp³-hybridized carbons (Fsp3) is 1.00. The van der Waals surface area contributed by atoms with Crippen molar-refractivity contribution >= 4 is 11.6 Å². The Hall–Kier alpha value is 0.210. The minimum atomic E-state index is -0.356. The Morgan fingerprint density at radius 2 is 1.29 bits per heavy atom. The third-order valence-electron chi connectivity index (χ3n) is 4.85. The van der Waals surface area contributed by atoms with Crippen molar-refractivity contribution in [1.29, 1.82) is 0 Å². The van der Waals surface area contributed by atoms with E-state index in [0.29, 0.717) is 5.88 Å². The van der Waals surface area contributed by atoms with Crippen molar-refractivity contribution in [2.24, 2.45) is 0 Å². The predicted octanol–water partition coefficient (Wildman–Crippen LogP) is 4.97. The van der Waals surface area contributed by atoms with Gasteiger partial charge in [-0.1, -0.05) is 51.9 Å². The summed E-state index contributed by atoms with van der Waals surface area (Å²) in [5.41, 5.74) is 0. The zero-order valence-electron chi connectivity index (χ0n) is 14.7. The summed E-state index contributed by atoms with van der Waals surface area (Å²) in [6.07, 6.45) is 12.0. The van der Waals surface area contributed by atoms with Gasteiger partial charge in [0.15, 0.2) is 0 Å². The first kappa shape index (κ1) is 21.2. The van der Waals surface area contributed by atoms with Crippen LogP contribution in [0.25, 0.3) is 0 Å². The standard InChI is InChI=1S/C18H39ClNO/c1-4-7-8-9-10-11-12-13-14-15-20(5-2,6-3)17-18(21)16-19/h18,21H,4-17H2,1-3H3/q+1. The van der Waals surface area contributed by atoms with Crippen LogP contribution in [-0.4, -0.2) is 47.8 Å². The van der Waals surface area contributed by atoms with Crippen LogP contribution in [0.15, 0.2) is 0 Å². The fourth-order valence-electron chi connectivity index (χ4n) is 3.14. The quantitative estimate of drug-likeness (QED) is 0.256. The van der Waals surface area contributed by atoms with Crippen LogP contribution < -0.4 is 0 Å². The van der Waals surface area contributed by atoms with Gasteiger partial charge < -0.3 is 9.59 Å². The molecule has 0 aromatic heterocycles. The first-order valence-corrected chi connectivity index (χ1v) is 9.76. The lowest BCUT2D eigenvalue weighted by Crippen LogP contribution is -2.52. The molecule has 0 spiro atoms. The van der Waals surface area contributed by atoms with E-state index >= 15 is 0 Å². The summed E-state index contributed by atoms with van der Waals surface area (Å²) in [4.78, 5) is 0. The number of aliphatic hydroxyl groups is 1. The van der Waals surface area contributed by atoms with E-state index < -0.39 is 0 Å². The van der Waals surface area contributed by atoms with Crippen LogP contribution in [0.2, 0.25) is 0 Å². The molecule has 1 atom stereocenters. The maximum atomic E-state index is 9.85. The molecule has 3 heteroatoms. The van der Waals surface area contributed by atoms with Gasteiger partial charge in [-0.25, -0.2) is 0 Å². The second kappa shape index (κ2) is 13.8. The number of hydrogen-bond donors (Lipinski definition) is 1. The molecule has 2 nitrogen and oxygen atoms in total. The Kier molecular flexibility index (Phi) is 14.0. The van der Waals surface area contributed by atoms with Crippen LogP contribution >= 0.6 is 11.6 Å². The summed E-state index contributed by atoms with van der Waals surface area (Å²) in [6, 6.07) is 0. The molecule has 0 aromatic carbocycles. The molecular formula is C18H39ClNO+. The summed E-state index contributed by atoms with van der Waals surface area (Å²) in [5.74, 6) is 0.359. The highest BCUT2D eigenvalue weighted by Gasteiger charge is 2.25. The maximum Gasteiger partial charge on any atom is 0.116 e. The lowest BCUT2D eigenvalue weighted by Gasteiger charge is -2.38. The molecule has 0 aromatic rings. The number of rotatable bonds is 15. The highest BCUT2D eigenvalue weighted by Crippen LogP contribution is 2.14. The number of alkyl halides is 1. The van der Waals surface area contributed by atoms with Gasteiger partial charge in [-0.15, -0.1) is 11.6 Å². The van der Waals surface area contributed by atoms with Gasteiger partial charge in [-0.3, -0.25) is 0 Å². The number of hydrogen-bond acceptors (Lipinski definition) is 1. The summed E-state index contributed by atoms with van der Waals surface area (Å²) in [7, 11) is 0. The summed E-state index contributed by atoms with van der Waals surface area (Å²) >= 11 is 5.77. The molecule has 0 aliphatic heterocycles. The van der Waals surface area contributed by atoms with E-state index in [0.717, 1.165) is 24.1 Å². The summed E-state index contributed by atoms with van der Waals surface area (Å²) < 4.78 is 1.02. The summed E-state index contributed by atoms with van der Waals surface area (Å²) in [6.45, 7) is 10.9. The van der Waals surface area contributed by atoms with Crippen LogP contribution in [-0.2, 0) is 0 Å². The Morgan fingerprint density at radius 1 is 0.810 bits per heavy atom. The highest BCUT2D eigenvalue weighted by atomic mass is 35.5. The van der Waals surface area contributed by atoms with E-state index in [2.05, 4.69) is 20.8 Å². The van der Waals surface area contributed by atoms with Gasteiger partial charge in [0.2, 0.25) is 0 Å². The monoisotopic (exact) mass is 320 g/mol. The summed E-state index contributed by atoms with van der Waals surface area (Å²) in [5, 5.41) is 9.85. The van der Waals surface area contributed by atoms with E-state index in [1.165, 1.54) is 64.3 Å². The van der Waals surface area contributed by atoms with Gasteiger partial charge in [0.05, 0.1) is 25.5 Å². The lowest BCUT2D eigenvalue weighted by atomic mass is 10.1. The molecule has 128 valence electrons. The molecule has 0 amide bonds. The largest absolute Gasteiger partial charge is 0.386 e. The lowest BCUT2D eigenvalue weighted by molar-refractivity contribution is -0.927. The zero-order valence-corrected chi connectivity index (χ0v) is 15.5. The van der Waals surface area contributed by atoms with E-state index in [1.54, 1.807) is 0 Å². The third-order valence-corrected chi connectivity index (χ3v) is 5.21. The van der Waals surface area contributed by atoms with Gasteiger partial charge in [0.25, 0.3) is 0 Å². The average Bonchev–Trinajstić information content (AvgIpc) is 2.52. The molecule has 1 N–H and O–H groups in total. The Bertz CT molecular complexity index is 219. The van der Waals surface area contributed by atoms with Crippen molar-refractivity contribution in [3.63, 3.8) is 0 Å². The van der Waals surface area contributed by atoms with E-state index in [-0.39, 0.29) is 6.10 Å². The van der Waals surface area contributed by atoms with E-state index in [1.807, 2.05) is 0 Å². The Morgan fingerprint density at radius 3 is 1.71 bits per heavy atom. The van der Waals surface area contributed by atoms with Crippen LogP contribution in [0.4, 0.5) is 0 Å². The molecule has 1 unspecified atom stereocenters. The molecule has 0 aliphatic rings. The van der Waals surface area contributed by atoms with Crippen LogP contribution in [0.1, 0.15) is 78.6 Å². The predicted molar refractivity (Wildman–Crippen MR) is 95.0 cm³/mol. The van der Waals surface area contributed by atoms with Crippen molar-refractivity contribution in [2.75, 3.05) is 32.1 Å². The number of aliphatic hydroxyl groups excluding tert-OH is 1. The SMILES string of the molecule is CCCCCCCCCCC[N+](CC)(CC)CC(O)CCl. The number of halogens is 1. The molecular weight excluding hydrogens is 282 g/mol. The minimum absolute atomic E-state index is 0.356. The number of nitrogens with zero attached hydrogens (tertiary/aromatic N) is 1. The molecule has 0 saturated carbocycles. The minimum Gasteiger partial charge on any atom is -0.386 e. The van der Waals surface area contributed by atoms with Gasteiger partial charge in [-0.05, 0) is 26.7 Å². The van der Waals surface area contributed by atoms with Gasteiger partial charge in [0, 0.05) is 0 Å². The third kappa shape index (κ3) is 10.5. The van der Waals surface area contributed by atoms with Crippen LogP contribution in [0.3, 0.4) is 0 Å². The average molecular weight is 321 g/mol. The Labute approximate surface area is 138 Å². The molecule has 0 heterocycles. The van der Waals surface area contributed by atoms with Crippen LogP contribution in [0.5, 0.6) is 0 Å². The topological polar surface area (TPSA) is 20.2 Å². The van der Waals surface area contributed by atoms with Crippen LogP contribution in [0, 0.1) is 0 Å².